The zero-order valence-corrected chi connectivity index (χ0v) is 35.8. The predicted molar refractivity (Wildman–Crippen MR) is 224 cm³/mol. The minimum atomic E-state index is -4.40. The van der Waals surface area contributed by atoms with Gasteiger partial charge in [0.05, 0.1) is 27.7 Å². The van der Waals surface area contributed by atoms with Gasteiger partial charge in [0.15, 0.2) is 6.10 Å². The fourth-order valence-corrected chi connectivity index (χ4v) is 6.09. The number of hydrogen-bond acceptors (Lipinski definition) is 7. The van der Waals surface area contributed by atoms with Crippen LogP contribution >= 0.6 is 7.82 Å². The van der Waals surface area contributed by atoms with E-state index in [0.717, 1.165) is 64.2 Å². The van der Waals surface area contributed by atoms with Crippen LogP contribution in [0.15, 0.2) is 60.8 Å². The highest BCUT2D eigenvalue weighted by atomic mass is 31.2. The zero-order chi connectivity index (χ0) is 40.0. The monoisotopic (exact) mass is 781 g/mol. The first-order chi connectivity index (χ1) is 26.0. The average Bonchev–Trinajstić information content (AvgIpc) is 3.12. The number of hydrogen-bond donors (Lipinski definition) is 1. The van der Waals surface area contributed by atoms with Crippen LogP contribution in [-0.2, 0) is 32.7 Å². The standard InChI is InChI=1S/C44H78NO8P/c1-6-8-10-12-14-16-18-20-22-24-26-28-30-32-34-36-43(46)50-40-42(41-52-54(48,49)51-39-38-45(3,4)5)53-44(47)37-35-33-31-29-27-25-23-21-19-17-15-13-11-9-7-2/h9,11,15,17,21,23,30,32,34,36,42H,6-8,10,12-14,16,18-20,22,24-29,31,33,35,37-41H2,1-5H3/p+1/b11-9+,17-15+,23-21+,32-30+,36-34+/t42-/m1/s1. The zero-order valence-electron chi connectivity index (χ0n) is 34.9. The summed E-state index contributed by atoms with van der Waals surface area (Å²) < 4.78 is 34.0. The molecular formula is C44H79NO8P+. The Labute approximate surface area is 330 Å². The minimum Gasteiger partial charge on any atom is -0.458 e. The van der Waals surface area contributed by atoms with Crippen molar-refractivity contribution in [2.45, 2.75) is 161 Å². The number of allylic oxidation sites excluding steroid dienone is 9. The smallest absolute Gasteiger partial charge is 0.458 e. The molecule has 0 saturated carbocycles. The summed E-state index contributed by atoms with van der Waals surface area (Å²) in [5.41, 5.74) is 0. The molecule has 9 nitrogen and oxygen atoms in total. The van der Waals surface area contributed by atoms with Crippen molar-refractivity contribution in [3.63, 3.8) is 0 Å². The van der Waals surface area contributed by atoms with Gasteiger partial charge >= 0.3 is 19.8 Å². The molecule has 0 aromatic carbocycles. The lowest BCUT2D eigenvalue weighted by molar-refractivity contribution is -0.870. The van der Waals surface area contributed by atoms with Gasteiger partial charge in [-0.25, -0.2) is 9.36 Å². The van der Waals surface area contributed by atoms with E-state index in [1.807, 2.05) is 33.3 Å². The number of unbranched alkanes of at least 4 members (excludes halogenated alkanes) is 16. The predicted octanol–water partition coefficient (Wildman–Crippen LogP) is 11.7. The molecule has 1 unspecified atom stereocenters. The summed E-state index contributed by atoms with van der Waals surface area (Å²) in [5.74, 6) is -1.08. The van der Waals surface area contributed by atoms with E-state index < -0.39 is 32.5 Å². The van der Waals surface area contributed by atoms with Crippen molar-refractivity contribution in [1.29, 1.82) is 0 Å². The maximum absolute atomic E-state index is 12.6. The number of phosphoric ester groups is 1. The molecule has 1 N–H and O–H groups in total. The lowest BCUT2D eigenvalue weighted by atomic mass is 10.1. The van der Waals surface area contributed by atoms with E-state index in [2.05, 4.69) is 50.3 Å². The van der Waals surface area contributed by atoms with Crippen molar-refractivity contribution in [2.24, 2.45) is 0 Å². The quantitative estimate of drug-likeness (QED) is 0.0126. The number of phosphoric acid groups is 1. The van der Waals surface area contributed by atoms with Crippen molar-refractivity contribution in [2.75, 3.05) is 47.5 Å². The van der Waals surface area contributed by atoms with Gasteiger partial charge in [0.2, 0.25) is 0 Å². The number of nitrogens with zero attached hydrogens (tertiary/aromatic N) is 1. The highest BCUT2D eigenvalue weighted by molar-refractivity contribution is 7.47. The van der Waals surface area contributed by atoms with E-state index in [0.29, 0.717) is 17.4 Å². The molecule has 0 radical (unpaired) electrons. The summed E-state index contributed by atoms with van der Waals surface area (Å²) in [5, 5.41) is 0. The highest BCUT2D eigenvalue weighted by Gasteiger charge is 2.26. The third kappa shape index (κ3) is 39.4. The van der Waals surface area contributed by atoms with E-state index >= 15 is 0 Å². The minimum absolute atomic E-state index is 0.0130. The molecule has 10 heteroatoms. The number of rotatable bonds is 37. The molecule has 0 aliphatic rings. The van der Waals surface area contributed by atoms with Gasteiger partial charge < -0.3 is 18.9 Å². The summed E-state index contributed by atoms with van der Waals surface area (Å²) in [7, 11) is 1.41. The lowest BCUT2D eigenvalue weighted by Crippen LogP contribution is -2.37. The summed E-state index contributed by atoms with van der Waals surface area (Å²) in [6, 6.07) is 0. The van der Waals surface area contributed by atoms with E-state index in [9.17, 15) is 19.0 Å². The van der Waals surface area contributed by atoms with E-state index in [1.54, 1.807) is 6.08 Å². The molecule has 0 spiro atoms. The highest BCUT2D eigenvalue weighted by Crippen LogP contribution is 2.43. The van der Waals surface area contributed by atoms with Crippen LogP contribution in [0.25, 0.3) is 0 Å². The molecule has 0 amide bonds. The average molecular weight is 781 g/mol. The van der Waals surface area contributed by atoms with Crippen LogP contribution in [0.2, 0.25) is 0 Å². The topological polar surface area (TPSA) is 108 Å². The maximum atomic E-state index is 12.6. The maximum Gasteiger partial charge on any atom is 0.472 e. The summed E-state index contributed by atoms with van der Waals surface area (Å²) in [4.78, 5) is 35.2. The summed E-state index contributed by atoms with van der Waals surface area (Å²) >= 11 is 0. The molecule has 0 bridgehead atoms. The third-order valence-corrected chi connectivity index (χ3v) is 9.62. The van der Waals surface area contributed by atoms with Crippen molar-refractivity contribution >= 4 is 19.8 Å². The van der Waals surface area contributed by atoms with Crippen LogP contribution in [0.5, 0.6) is 0 Å². The molecule has 0 rings (SSSR count). The second-order valence-corrected chi connectivity index (χ2v) is 16.5. The van der Waals surface area contributed by atoms with Crippen LogP contribution in [0.3, 0.4) is 0 Å². The Kier molecular flexibility index (Phi) is 34.8. The fourth-order valence-electron chi connectivity index (χ4n) is 5.35. The SMILES string of the molecule is CC/C=C/C/C=C/C/C=C/CCCCCCCC(=O)O[C@H](COC(=O)/C=C/C=C/CCCCCCCCCCCCC)COP(=O)(O)OCC[N+](C)(C)C. The first-order valence-corrected chi connectivity index (χ1v) is 22.5. The molecule has 0 aromatic heterocycles. The first kappa shape index (κ1) is 51.7. The molecule has 0 fully saturated rings. The molecule has 0 heterocycles. The fraction of sp³-hybridized carbons (Fsp3) is 0.727. The van der Waals surface area contributed by atoms with Crippen LogP contribution < -0.4 is 0 Å². The molecule has 0 aliphatic carbocycles. The van der Waals surface area contributed by atoms with Gasteiger partial charge in [-0.3, -0.25) is 13.8 Å². The Balaban J connectivity index is 4.53. The van der Waals surface area contributed by atoms with E-state index in [1.165, 1.54) is 70.3 Å². The summed E-state index contributed by atoms with van der Waals surface area (Å²) in [6.07, 6.45) is 43.3. The molecule has 54 heavy (non-hydrogen) atoms. The Hall–Kier alpha value is -2.29. The van der Waals surface area contributed by atoms with Crippen molar-refractivity contribution in [3.8, 4) is 0 Å². The van der Waals surface area contributed by atoms with Crippen LogP contribution in [0, 0.1) is 0 Å². The second kappa shape index (κ2) is 36.4. The lowest BCUT2D eigenvalue weighted by Gasteiger charge is -2.24. The van der Waals surface area contributed by atoms with Gasteiger partial charge in [0, 0.05) is 12.5 Å². The van der Waals surface area contributed by atoms with Gasteiger partial charge in [-0.1, -0.05) is 152 Å². The second-order valence-electron chi connectivity index (χ2n) is 15.1. The number of esters is 2. The number of quaternary nitrogens is 1. The molecule has 2 atom stereocenters. The number of carbonyl (C=O) groups excluding carboxylic acids is 2. The van der Waals surface area contributed by atoms with Gasteiger partial charge in [0.25, 0.3) is 0 Å². The molecule has 0 saturated heterocycles. The van der Waals surface area contributed by atoms with Crippen LogP contribution in [0.4, 0.5) is 0 Å². The summed E-state index contributed by atoms with van der Waals surface area (Å²) in [6.45, 7) is 4.14. The van der Waals surface area contributed by atoms with E-state index in [-0.39, 0.29) is 19.6 Å². The first-order valence-electron chi connectivity index (χ1n) is 21.1. The Morgan fingerprint density at radius 1 is 0.648 bits per heavy atom. The molecule has 0 aliphatic heterocycles. The Morgan fingerprint density at radius 2 is 1.19 bits per heavy atom. The van der Waals surface area contributed by atoms with Gasteiger partial charge in [-0.2, -0.15) is 0 Å². The number of likely N-dealkylation sites (N-methyl/N-ethyl adjacent to an activating group) is 1. The Morgan fingerprint density at radius 3 is 1.78 bits per heavy atom. The molecule has 0 aromatic rings. The largest absolute Gasteiger partial charge is 0.472 e. The Bertz CT molecular complexity index is 1110. The van der Waals surface area contributed by atoms with E-state index in [4.69, 9.17) is 18.5 Å². The number of ether oxygens (including phenoxy) is 2. The molecule has 312 valence electrons. The van der Waals surface area contributed by atoms with Gasteiger partial charge in [-0.15, -0.1) is 0 Å². The number of carbonyl (C=O) groups is 2. The molecular weight excluding hydrogens is 701 g/mol. The third-order valence-electron chi connectivity index (χ3n) is 8.64. The van der Waals surface area contributed by atoms with Crippen molar-refractivity contribution in [1.82, 2.24) is 0 Å². The van der Waals surface area contributed by atoms with Crippen LogP contribution in [0.1, 0.15) is 155 Å². The van der Waals surface area contributed by atoms with Gasteiger partial charge in [0.1, 0.15) is 19.8 Å². The van der Waals surface area contributed by atoms with Crippen molar-refractivity contribution in [3.05, 3.63) is 60.8 Å². The van der Waals surface area contributed by atoms with Crippen molar-refractivity contribution < 1.29 is 42.1 Å². The van der Waals surface area contributed by atoms with Crippen LogP contribution in [-0.4, -0.2) is 74.9 Å². The van der Waals surface area contributed by atoms with Gasteiger partial charge in [-0.05, 0) is 51.4 Å². The normalized spacial score (nSPS) is 14.3.